The zero-order valence-corrected chi connectivity index (χ0v) is 13.9. The molecule has 1 rings (SSSR count). The molecule has 2 heteroatoms. The Hall–Kier alpha value is -0.0800. The Bertz CT molecular complexity index is 223. The van der Waals surface area contributed by atoms with Gasteiger partial charge in [0.15, 0.2) is 0 Å². The average molecular weight is 268 g/mol. The van der Waals surface area contributed by atoms with Crippen molar-refractivity contribution in [1.29, 1.82) is 0 Å². The summed E-state index contributed by atoms with van der Waals surface area (Å²) in [7, 11) is 0. The maximum Gasteiger partial charge on any atom is 0.0223 e. The average Bonchev–Trinajstić information content (AvgIpc) is 2.38. The van der Waals surface area contributed by atoms with Gasteiger partial charge in [-0.3, -0.25) is 4.90 Å². The van der Waals surface area contributed by atoms with Crippen molar-refractivity contribution in [1.82, 2.24) is 10.2 Å². The molecule has 0 aliphatic carbocycles. The molecule has 114 valence electrons. The highest BCUT2D eigenvalue weighted by Crippen LogP contribution is 2.20. The van der Waals surface area contributed by atoms with Crippen LogP contribution in [0.15, 0.2) is 0 Å². The van der Waals surface area contributed by atoms with E-state index in [1.165, 1.54) is 51.7 Å². The van der Waals surface area contributed by atoms with Crippen molar-refractivity contribution in [2.24, 2.45) is 11.8 Å². The van der Waals surface area contributed by atoms with Crippen LogP contribution in [0.1, 0.15) is 66.7 Å². The molecule has 0 saturated carbocycles. The van der Waals surface area contributed by atoms with Crippen molar-refractivity contribution < 1.29 is 0 Å². The van der Waals surface area contributed by atoms with Crippen LogP contribution in [-0.4, -0.2) is 36.6 Å². The largest absolute Gasteiger partial charge is 0.311 e. The minimum absolute atomic E-state index is 0.725. The van der Waals surface area contributed by atoms with Gasteiger partial charge in [0.1, 0.15) is 0 Å². The van der Waals surface area contributed by atoms with Gasteiger partial charge >= 0.3 is 0 Å². The summed E-state index contributed by atoms with van der Waals surface area (Å²) in [5.74, 6) is 1.69. The summed E-state index contributed by atoms with van der Waals surface area (Å²) in [6.07, 6.45) is 6.62. The van der Waals surface area contributed by atoms with E-state index in [0.717, 1.165) is 23.9 Å². The molecule has 19 heavy (non-hydrogen) atoms. The molecule has 1 aliphatic rings. The van der Waals surface area contributed by atoms with Crippen molar-refractivity contribution in [2.75, 3.05) is 19.6 Å². The second kappa shape index (κ2) is 8.97. The van der Waals surface area contributed by atoms with Gasteiger partial charge in [-0.15, -0.1) is 0 Å². The van der Waals surface area contributed by atoms with Gasteiger partial charge in [0.25, 0.3) is 0 Å². The molecular weight excluding hydrogens is 232 g/mol. The van der Waals surface area contributed by atoms with Gasteiger partial charge in [0.05, 0.1) is 0 Å². The Morgan fingerprint density at radius 3 is 2.37 bits per heavy atom. The SMILES string of the molecule is CCCC1CN(CC(CC)CC)C(CC(C)C)CN1. The Kier molecular flexibility index (Phi) is 8.01. The highest BCUT2D eigenvalue weighted by atomic mass is 15.2. The van der Waals surface area contributed by atoms with E-state index >= 15 is 0 Å². The third-order valence-corrected chi connectivity index (χ3v) is 4.64. The van der Waals surface area contributed by atoms with E-state index < -0.39 is 0 Å². The predicted molar refractivity (Wildman–Crippen MR) is 85.6 cm³/mol. The molecule has 0 amide bonds. The molecule has 2 unspecified atom stereocenters. The number of nitrogens with zero attached hydrogens (tertiary/aromatic N) is 1. The summed E-state index contributed by atoms with van der Waals surface area (Å²) in [4.78, 5) is 2.80. The first-order valence-electron chi connectivity index (χ1n) is 8.57. The van der Waals surface area contributed by atoms with E-state index in [1.54, 1.807) is 0 Å². The standard InChI is InChI=1S/C17H36N2/c1-6-9-16-13-19(12-15(7-2)8-3)17(11-18-16)10-14(4)5/h14-18H,6-13H2,1-5H3. The molecular formula is C17H36N2. The van der Waals surface area contributed by atoms with Gasteiger partial charge < -0.3 is 5.32 Å². The zero-order chi connectivity index (χ0) is 14.3. The van der Waals surface area contributed by atoms with Crippen molar-refractivity contribution in [3.8, 4) is 0 Å². The Balaban J connectivity index is 2.58. The van der Waals surface area contributed by atoms with Crippen LogP contribution in [0.2, 0.25) is 0 Å². The molecule has 0 bridgehead atoms. The number of hydrogen-bond acceptors (Lipinski definition) is 2. The van der Waals surface area contributed by atoms with E-state index in [0.29, 0.717) is 0 Å². The van der Waals surface area contributed by atoms with Crippen LogP contribution in [-0.2, 0) is 0 Å². The van der Waals surface area contributed by atoms with Crippen LogP contribution in [0, 0.1) is 11.8 Å². The van der Waals surface area contributed by atoms with Gasteiger partial charge in [0.2, 0.25) is 0 Å². The normalized spacial score (nSPS) is 25.4. The smallest absolute Gasteiger partial charge is 0.0223 e. The Labute approximate surface area is 121 Å². The molecule has 1 aliphatic heterocycles. The Morgan fingerprint density at radius 2 is 1.84 bits per heavy atom. The van der Waals surface area contributed by atoms with Gasteiger partial charge in [0, 0.05) is 31.7 Å². The van der Waals surface area contributed by atoms with Crippen molar-refractivity contribution in [2.45, 2.75) is 78.8 Å². The molecule has 2 atom stereocenters. The highest BCUT2D eigenvalue weighted by Gasteiger charge is 2.28. The molecule has 0 aromatic heterocycles. The molecule has 1 heterocycles. The van der Waals surface area contributed by atoms with Crippen LogP contribution in [0.3, 0.4) is 0 Å². The molecule has 0 aromatic rings. The fourth-order valence-corrected chi connectivity index (χ4v) is 3.35. The molecule has 1 fully saturated rings. The number of piperazine rings is 1. The second-order valence-electron chi connectivity index (χ2n) is 6.81. The lowest BCUT2D eigenvalue weighted by atomic mass is 9.95. The van der Waals surface area contributed by atoms with E-state index in [2.05, 4.69) is 44.8 Å². The third-order valence-electron chi connectivity index (χ3n) is 4.64. The first kappa shape index (κ1) is 17.0. The molecule has 0 radical (unpaired) electrons. The monoisotopic (exact) mass is 268 g/mol. The van der Waals surface area contributed by atoms with Crippen LogP contribution in [0.4, 0.5) is 0 Å². The van der Waals surface area contributed by atoms with Crippen LogP contribution >= 0.6 is 0 Å². The fourth-order valence-electron chi connectivity index (χ4n) is 3.35. The quantitative estimate of drug-likeness (QED) is 0.718. The molecule has 1 saturated heterocycles. The molecule has 0 aromatic carbocycles. The summed E-state index contributed by atoms with van der Waals surface area (Å²) < 4.78 is 0. The summed E-state index contributed by atoms with van der Waals surface area (Å²) in [5, 5.41) is 3.77. The third kappa shape index (κ3) is 5.83. The maximum absolute atomic E-state index is 3.77. The van der Waals surface area contributed by atoms with Gasteiger partial charge in [-0.25, -0.2) is 0 Å². The summed E-state index contributed by atoms with van der Waals surface area (Å²) in [6.45, 7) is 15.5. The number of rotatable bonds is 8. The lowest BCUT2D eigenvalue weighted by molar-refractivity contribution is 0.0911. The van der Waals surface area contributed by atoms with Crippen molar-refractivity contribution >= 4 is 0 Å². The van der Waals surface area contributed by atoms with Gasteiger partial charge in [-0.2, -0.15) is 0 Å². The first-order chi connectivity index (χ1) is 9.10. The predicted octanol–water partition coefficient (Wildman–Crippen LogP) is 3.91. The molecule has 1 N–H and O–H groups in total. The van der Waals surface area contributed by atoms with Crippen LogP contribution in [0.5, 0.6) is 0 Å². The number of nitrogens with one attached hydrogen (secondary N) is 1. The second-order valence-corrected chi connectivity index (χ2v) is 6.81. The summed E-state index contributed by atoms with van der Waals surface area (Å²) in [5.41, 5.74) is 0. The minimum Gasteiger partial charge on any atom is -0.311 e. The van der Waals surface area contributed by atoms with E-state index in [9.17, 15) is 0 Å². The summed E-state index contributed by atoms with van der Waals surface area (Å²) >= 11 is 0. The molecule has 0 spiro atoms. The lowest BCUT2D eigenvalue weighted by Gasteiger charge is -2.42. The van der Waals surface area contributed by atoms with Crippen LogP contribution < -0.4 is 5.32 Å². The zero-order valence-electron chi connectivity index (χ0n) is 13.9. The van der Waals surface area contributed by atoms with Gasteiger partial charge in [-0.1, -0.05) is 53.9 Å². The topological polar surface area (TPSA) is 15.3 Å². The fraction of sp³-hybridized carbons (Fsp3) is 1.00. The van der Waals surface area contributed by atoms with Crippen molar-refractivity contribution in [3.63, 3.8) is 0 Å². The van der Waals surface area contributed by atoms with E-state index in [4.69, 9.17) is 0 Å². The lowest BCUT2D eigenvalue weighted by Crippen LogP contribution is -2.57. The van der Waals surface area contributed by atoms with Gasteiger partial charge in [-0.05, 0) is 24.7 Å². The van der Waals surface area contributed by atoms with E-state index in [-0.39, 0.29) is 0 Å². The first-order valence-corrected chi connectivity index (χ1v) is 8.57. The number of hydrogen-bond donors (Lipinski definition) is 1. The Morgan fingerprint density at radius 1 is 1.16 bits per heavy atom. The van der Waals surface area contributed by atoms with E-state index in [1.807, 2.05) is 0 Å². The summed E-state index contributed by atoms with van der Waals surface area (Å²) in [6, 6.07) is 1.48. The minimum atomic E-state index is 0.725. The highest BCUT2D eigenvalue weighted by molar-refractivity contribution is 4.87. The maximum atomic E-state index is 3.77. The van der Waals surface area contributed by atoms with Crippen LogP contribution in [0.25, 0.3) is 0 Å². The molecule has 2 nitrogen and oxygen atoms in total. The van der Waals surface area contributed by atoms with Crippen molar-refractivity contribution in [3.05, 3.63) is 0 Å².